The average molecular weight is 543 g/mol. The smallest absolute Gasteiger partial charge is 0.213 e. The van der Waals surface area contributed by atoms with E-state index in [1.807, 2.05) is 42.6 Å². The second-order valence-electron chi connectivity index (χ2n) is 10.0. The number of piperidine rings is 1. The van der Waals surface area contributed by atoms with Crippen molar-refractivity contribution in [3.05, 3.63) is 97.5 Å². The largest absolute Gasteiger partial charge is 0.474 e. The van der Waals surface area contributed by atoms with E-state index in [1.54, 1.807) is 18.3 Å². The number of nitrogens with two attached hydrogens (primary N) is 1. The van der Waals surface area contributed by atoms with Crippen molar-refractivity contribution in [1.82, 2.24) is 29.4 Å². The van der Waals surface area contributed by atoms with Crippen molar-refractivity contribution in [3.8, 4) is 34.5 Å². The first-order valence-electron chi connectivity index (χ1n) is 13.7. The van der Waals surface area contributed by atoms with E-state index in [4.69, 9.17) is 25.7 Å². The molecule has 0 spiro atoms. The number of nitrogen functional groups attached to an aromatic ring is 1. The van der Waals surface area contributed by atoms with Gasteiger partial charge in [0.05, 0.1) is 17.3 Å². The molecule has 1 fully saturated rings. The first kappa shape index (κ1) is 26.2. The number of hydrogen-bond donors (Lipinski definition) is 1. The van der Waals surface area contributed by atoms with Crippen LogP contribution in [-0.2, 0) is 0 Å². The molecule has 9 nitrogen and oxygen atoms in total. The lowest BCUT2D eigenvalue weighted by molar-refractivity contribution is 0.0522. The number of benzene rings is 1. The van der Waals surface area contributed by atoms with Crippen LogP contribution in [0.15, 0.2) is 91.9 Å². The Balaban J connectivity index is 1.34. The number of hydrogen-bond acceptors (Lipinski definition) is 8. The summed E-state index contributed by atoms with van der Waals surface area (Å²) in [5.74, 6) is 1.69. The number of likely N-dealkylation sites (tertiary alicyclic amines) is 1. The Hall–Kier alpha value is -5.07. The first-order chi connectivity index (χ1) is 20.1. The lowest BCUT2D eigenvalue weighted by Crippen LogP contribution is -2.42. The molecule has 1 unspecified atom stereocenters. The number of aromatic nitrogens is 5. The highest BCUT2D eigenvalue weighted by molar-refractivity contribution is 5.83. The average Bonchev–Trinajstić information content (AvgIpc) is 3.39. The summed E-state index contributed by atoms with van der Waals surface area (Å²) in [6, 6.07) is 21.7. The van der Waals surface area contributed by atoms with Crippen LogP contribution >= 0.6 is 0 Å². The molecule has 1 atom stereocenters. The van der Waals surface area contributed by atoms with Gasteiger partial charge in [-0.1, -0.05) is 36.4 Å². The summed E-state index contributed by atoms with van der Waals surface area (Å²) in [5.41, 5.74) is 11.3. The minimum atomic E-state index is -0.0730. The number of nitrogens with zero attached hydrogens (tertiary/aromatic N) is 7. The summed E-state index contributed by atoms with van der Waals surface area (Å²) >= 11 is 0. The summed E-state index contributed by atoms with van der Waals surface area (Å²) in [5, 5.41) is 9.03. The van der Waals surface area contributed by atoms with E-state index >= 15 is 0 Å². The van der Waals surface area contributed by atoms with Gasteiger partial charge in [0.1, 0.15) is 29.3 Å². The molecule has 1 aliphatic rings. The second kappa shape index (κ2) is 11.6. The fourth-order valence-corrected chi connectivity index (χ4v) is 5.39. The minimum absolute atomic E-state index is 0.0376. The van der Waals surface area contributed by atoms with Crippen LogP contribution in [-0.4, -0.2) is 48.6 Å². The van der Waals surface area contributed by atoms with Gasteiger partial charge in [-0.3, -0.25) is 9.47 Å². The van der Waals surface area contributed by atoms with E-state index in [1.165, 1.54) is 6.20 Å². The SMILES string of the molecule is C=CCC(N1CCC(Oc2ccc(C#N)cn2)CC1)n1c(-c2cccnc2N)nc2cc(-c3ccccc3)cnc21. The van der Waals surface area contributed by atoms with Crippen LogP contribution in [0.2, 0.25) is 0 Å². The molecule has 4 aromatic heterocycles. The van der Waals surface area contributed by atoms with Gasteiger partial charge >= 0.3 is 0 Å². The number of pyridine rings is 3. The van der Waals surface area contributed by atoms with Gasteiger partial charge in [0.2, 0.25) is 5.88 Å². The Kier molecular flexibility index (Phi) is 7.39. The summed E-state index contributed by atoms with van der Waals surface area (Å²) in [6.07, 6.45) is 9.39. The third-order valence-corrected chi connectivity index (χ3v) is 7.44. The molecule has 0 radical (unpaired) electrons. The highest BCUT2D eigenvalue weighted by Gasteiger charge is 2.30. The van der Waals surface area contributed by atoms with E-state index in [0.717, 1.165) is 59.6 Å². The maximum absolute atomic E-state index is 9.03. The number of rotatable bonds is 8. The van der Waals surface area contributed by atoms with Crippen LogP contribution in [0.5, 0.6) is 5.88 Å². The van der Waals surface area contributed by atoms with Gasteiger partial charge in [-0.2, -0.15) is 5.26 Å². The molecule has 2 N–H and O–H groups in total. The van der Waals surface area contributed by atoms with E-state index in [-0.39, 0.29) is 12.3 Å². The predicted octanol–water partition coefficient (Wildman–Crippen LogP) is 5.63. The maximum atomic E-state index is 9.03. The maximum Gasteiger partial charge on any atom is 0.213 e. The number of anilines is 1. The Morgan fingerprint density at radius 3 is 2.56 bits per heavy atom. The highest BCUT2D eigenvalue weighted by Crippen LogP contribution is 2.35. The lowest BCUT2D eigenvalue weighted by Gasteiger charge is -2.38. The molecule has 0 amide bonds. The van der Waals surface area contributed by atoms with Crippen LogP contribution in [0.1, 0.15) is 31.0 Å². The van der Waals surface area contributed by atoms with Crippen LogP contribution in [0, 0.1) is 11.3 Å². The van der Waals surface area contributed by atoms with Crippen molar-refractivity contribution >= 4 is 17.0 Å². The van der Waals surface area contributed by atoms with Crippen molar-refractivity contribution < 1.29 is 4.74 Å². The zero-order chi connectivity index (χ0) is 28.2. The summed E-state index contributed by atoms with van der Waals surface area (Å²) in [7, 11) is 0. The molecule has 5 heterocycles. The van der Waals surface area contributed by atoms with Crippen LogP contribution in [0.25, 0.3) is 33.7 Å². The van der Waals surface area contributed by atoms with E-state index in [9.17, 15) is 0 Å². The molecule has 5 aromatic rings. The molecule has 1 aliphatic heterocycles. The van der Waals surface area contributed by atoms with Gasteiger partial charge in [-0.25, -0.2) is 19.9 Å². The molecule has 0 bridgehead atoms. The van der Waals surface area contributed by atoms with Crippen LogP contribution in [0.4, 0.5) is 5.82 Å². The standard InChI is InChI=1S/C32H30N8O/c1-2-7-29(39-16-13-25(14-17-39)41-28-12-11-22(19-33)20-36-28)40-31(26-10-6-15-35-30(26)34)38-27-18-24(21-37-32(27)40)23-8-4-3-5-9-23/h2-6,8-12,15,18,20-21,25,29H,1,7,13-14,16-17H2,(H2,34,35). The molecule has 1 saturated heterocycles. The Morgan fingerprint density at radius 2 is 1.85 bits per heavy atom. The molecule has 204 valence electrons. The Bertz CT molecular complexity index is 1700. The third kappa shape index (κ3) is 5.38. The van der Waals surface area contributed by atoms with Crippen molar-refractivity contribution in [2.75, 3.05) is 18.8 Å². The first-order valence-corrected chi connectivity index (χ1v) is 13.7. The number of fused-ring (bicyclic) bond motifs is 1. The molecule has 0 saturated carbocycles. The van der Waals surface area contributed by atoms with E-state index in [2.05, 4.69) is 50.3 Å². The van der Waals surface area contributed by atoms with Crippen molar-refractivity contribution in [2.45, 2.75) is 31.5 Å². The summed E-state index contributed by atoms with van der Waals surface area (Å²) in [6.45, 7) is 5.69. The molecule has 6 rings (SSSR count). The van der Waals surface area contributed by atoms with Gasteiger partial charge < -0.3 is 10.5 Å². The molecule has 9 heteroatoms. The number of nitriles is 1. The quantitative estimate of drug-likeness (QED) is 0.251. The molecular formula is C32H30N8O. The van der Waals surface area contributed by atoms with Crippen molar-refractivity contribution in [3.63, 3.8) is 0 Å². The Labute approximate surface area is 238 Å². The number of ether oxygens (including phenoxy) is 1. The van der Waals surface area contributed by atoms with Gasteiger partial charge in [-0.15, -0.1) is 6.58 Å². The predicted molar refractivity (Wildman–Crippen MR) is 159 cm³/mol. The monoisotopic (exact) mass is 542 g/mol. The zero-order valence-corrected chi connectivity index (χ0v) is 22.6. The topological polar surface area (TPSA) is 119 Å². The molecule has 41 heavy (non-hydrogen) atoms. The third-order valence-electron chi connectivity index (χ3n) is 7.44. The minimum Gasteiger partial charge on any atom is -0.474 e. The normalized spacial score (nSPS) is 14.9. The van der Waals surface area contributed by atoms with Gasteiger partial charge in [0.15, 0.2) is 5.65 Å². The van der Waals surface area contributed by atoms with Crippen LogP contribution in [0.3, 0.4) is 0 Å². The summed E-state index contributed by atoms with van der Waals surface area (Å²) in [4.78, 5) is 21.1. The van der Waals surface area contributed by atoms with E-state index < -0.39 is 0 Å². The molecular weight excluding hydrogens is 512 g/mol. The summed E-state index contributed by atoms with van der Waals surface area (Å²) < 4.78 is 8.33. The van der Waals surface area contributed by atoms with Crippen molar-refractivity contribution in [1.29, 1.82) is 5.26 Å². The number of imidazole rings is 1. The Morgan fingerprint density at radius 1 is 1.02 bits per heavy atom. The molecule has 0 aliphatic carbocycles. The van der Waals surface area contributed by atoms with Gasteiger partial charge in [0.25, 0.3) is 0 Å². The van der Waals surface area contributed by atoms with Crippen LogP contribution < -0.4 is 10.5 Å². The van der Waals surface area contributed by atoms with E-state index in [0.29, 0.717) is 23.7 Å². The fraction of sp³-hybridized carbons (Fsp3) is 0.219. The lowest BCUT2D eigenvalue weighted by atomic mass is 10.1. The van der Waals surface area contributed by atoms with Gasteiger partial charge in [-0.05, 0) is 49.1 Å². The fourth-order valence-electron chi connectivity index (χ4n) is 5.39. The van der Waals surface area contributed by atoms with Crippen molar-refractivity contribution in [2.24, 2.45) is 0 Å². The second-order valence-corrected chi connectivity index (χ2v) is 10.0. The van der Waals surface area contributed by atoms with Gasteiger partial charge in [0, 0.05) is 43.3 Å². The molecule has 1 aromatic carbocycles. The zero-order valence-electron chi connectivity index (χ0n) is 22.6. The highest BCUT2D eigenvalue weighted by atomic mass is 16.5.